The number of hydrogen-bond donors (Lipinski definition) is 1. The minimum atomic E-state index is -0.261. The van der Waals surface area contributed by atoms with Crippen LogP contribution in [0.15, 0.2) is 60.7 Å². The van der Waals surface area contributed by atoms with Crippen molar-refractivity contribution in [1.29, 1.82) is 0 Å². The monoisotopic (exact) mass is 341 g/mol. The molecule has 0 aliphatic rings. The summed E-state index contributed by atoms with van der Waals surface area (Å²) < 4.78 is 10.3. The lowest BCUT2D eigenvalue weighted by Gasteiger charge is -2.07. The lowest BCUT2D eigenvalue weighted by molar-refractivity contribution is -0.145. The molecule has 0 amide bonds. The van der Waals surface area contributed by atoms with Crippen molar-refractivity contribution in [3.05, 3.63) is 71.8 Å². The largest absolute Gasteiger partial charge is 0.461 e. The van der Waals surface area contributed by atoms with Crippen molar-refractivity contribution in [3.63, 3.8) is 0 Å². The molecule has 1 N–H and O–H groups in total. The van der Waals surface area contributed by atoms with E-state index < -0.39 is 0 Å². The maximum atomic E-state index is 11.6. The summed E-state index contributed by atoms with van der Waals surface area (Å²) in [5, 5.41) is 3.04. The van der Waals surface area contributed by atoms with E-state index in [4.69, 9.17) is 9.47 Å². The van der Waals surface area contributed by atoms with Crippen molar-refractivity contribution >= 4 is 11.9 Å². The van der Waals surface area contributed by atoms with E-state index in [1.165, 1.54) is 0 Å². The van der Waals surface area contributed by atoms with Gasteiger partial charge in [-0.1, -0.05) is 60.7 Å². The van der Waals surface area contributed by atoms with E-state index >= 15 is 0 Å². The Bertz CT molecular complexity index is 586. The first-order valence-electron chi connectivity index (χ1n) is 8.34. The van der Waals surface area contributed by atoms with Crippen LogP contribution in [0.5, 0.6) is 0 Å². The molecule has 0 spiro atoms. The van der Waals surface area contributed by atoms with Crippen LogP contribution in [0.3, 0.4) is 0 Å². The predicted octanol–water partition coefficient (Wildman–Crippen LogP) is 2.84. The van der Waals surface area contributed by atoms with Crippen molar-refractivity contribution in [1.82, 2.24) is 5.32 Å². The second-order valence-electron chi connectivity index (χ2n) is 5.54. The maximum Gasteiger partial charge on any atom is 0.307 e. The zero-order chi connectivity index (χ0) is 17.7. The number of carbonyl (C=O) groups is 2. The van der Waals surface area contributed by atoms with Crippen LogP contribution in [-0.2, 0) is 32.3 Å². The average Bonchev–Trinajstić information content (AvgIpc) is 2.66. The minimum Gasteiger partial charge on any atom is -0.461 e. The smallest absolute Gasteiger partial charge is 0.307 e. The van der Waals surface area contributed by atoms with E-state index in [2.05, 4.69) is 5.32 Å². The highest BCUT2D eigenvalue weighted by Crippen LogP contribution is 2.02. The Morgan fingerprint density at radius 3 is 1.48 bits per heavy atom. The summed E-state index contributed by atoms with van der Waals surface area (Å²) in [7, 11) is 0. The molecule has 0 aliphatic carbocycles. The molecule has 2 rings (SSSR count). The van der Waals surface area contributed by atoms with E-state index in [1.54, 1.807) is 0 Å². The van der Waals surface area contributed by atoms with Crippen LogP contribution in [0.25, 0.3) is 0 Å². The normalized spacial score (nSPS) is 10.2. The lowest BCUT2D eigenvalue weighted by atomic mass is 10.2. The highest BCUT2D eigenvalue weighted by Gasteiger charge is 2.05. The SMILES string of the molecule is O=C(CCNCCC(=O)OCc1ccccc1)OCc1ccccc1. The van der Waals surface area contributed by atoms with Crippen LogP contribution in [0, 0.1) is 0 Å². The first kappa shape index (κ1) is 18.7. The van der Waals surface area contributed by atoms with Gasteiger partial charge in [-0.05, 0) is 11.1 Å². The summed E-state index contributed by atoms with van der Waals surface area (Å²) in [6, 6.07) is 19.1. The molecule has 25 heavy (non-hydrogen) atoms. The van der Waals surface area contributed by atoms with Gasteiger partial charge in [0.15, 0.2) is 0 Å². The fourth-order valence-corrected chi connectivity index (χ4v) is 2.13. The first-order valence-corrected chi connectivity index (χ1v) is 8.34. The number of nitrogens with one attached hydrogen (secondary N) is 1. The van der Waals surface area contributed by atoms with Crippen LogP contribution in [-0.4, -0.2) is 25.0 Å². The zero-order valence-electron chi connectivity index (χ0n) is 14.1. The van der Waals surface area contributed by atoms with Gasteiger partial charge in [-0.3, -0.25) is 9.59 Å². The first-order chi connectivity index (χ1) is 12.2. The fraction of sp³-hybridized carbons (Fsp3) is 0.300. The number of rotatable bonds is 10. The van der Waals surface area contributed by atoms with Crippen LogP contribution in [0.1, 0.15) is 24.0 Å². The van der Waals surface area contributed by atoms with Gasteiger partial charge in [-0.25, -0.2) is 0 Å². The van der Waals surface area contributed by atoms with Crippen molar-refractivity contribution in [3.8, 4) is 0 Å². The Labute approximate surface area is 148 Å². The molecule has 0 bridgehead atoms. The number of hydrogen-bond acceptors (Lipinski definition) is 5. The summed E-state index contributed by atoms with van der Waals surface area (Å²) in [5.41, 5.74) is 1.93. The van der Waals surface area contributed by atoms with Gasteiger partial charge in [0.05, 0.1) is 12.8 Å². The average molecular weight is 341 g/mol. The summed E-state index contributed by atoms with van der Waals surface area (Å²) in [6.45, 7) is 1.51. The van der Waals surface area contributed by atoms with Crippen molar-refractivity contribution in [2.45, 2.75) is 26.1 Å². The Kier molecular flexibility index (Phi) is 8.21. The number of carbonyl (C=O) groups excluding carboxylic acids is 2. The molecule has 0 radical (unpaired) electrons. The molecule has 5 heteroatoms. The van der Waals surface area contributed by atoms with Crippen LogP contribution in [0.2, 0.25) is 0 Å². The van der Waals surface area contributed by atoms with Gasteiger partial charge in [0.1, 0.15) is 13.2 Å². The van der Waals surface area contributed by atoms with Crippen LogP contribution < -0.4 is 5.32 Å². The molecule has 0 unspecified atom stereocenters. The Hall–Kier alpha value is -2.66. The van der Waals surface area contributed by atoms with E-state index in [0.717, 1.165) is 11.1 Å². The molecule has 0 fully saturated rings. The van der Waals surface area contributed by atoms with Crippen LogP contribution >= 0.6 is 0 Å². The minimum absolute atomic E-state index is 0.261. The molecule has 5 nitrogen and oxygen atoms in total. The summed E-state index contributed by atoms with van der Waals surface area (Å²) in [4.78, 5) is 23.2. The van der Waals surface area contributed by atoms with E-state index in [-0.39, 0.29) is 38.0 Å². The maximum absolute atomic E-state index is 11.6. The molecule has 0 heterocycles. The summed E-state index contributed by atoms with van der Waals surface area (Å²) in [5.74, 6) is -0.522. The molecule has 0 saturated carbocycles. The third-order valence-corrected chi connectivity index (χ3v) is 3.50. The van der Waals surface area contributed by atoms with Crippen molar-refractivity contribution in [2.24, 2.45) is 0 Å². The molecular formula is C20H23NO4. The van der Waals surface area contributed by atoms with Crippen LogP contribution in [0.4, 0.5) is 0 Å². The Morgan fingerprint density at radius 2 is 1.08 bits per heavy atom. The number of ether oxygens (including phenoxy) is 2. The summed E-state index contributed by atoms with van der Waals surface area (Å²) >= 11 is 0. The Morgan fingerprint density at radius 1 is 0.680 bits per heavy atom. The molecule has 0 aliphatic heterocycles. The van der Waals surface area contributed by atoms with Gasteiger partial charge in [0, 0.05) is 13.1 Å². The second-order valence-corrected chi connectivity index (χ2v) is 5.54. The molecule has 0 aromatic heterocycles. The third kappa shape index (κ3) is 8.13. The Balaban J connectivity index is 1.48. The standard InChI is InChI=1S/C20H23NO4/c22-19(24-15-17-7-3-1-4-8-17)11-13-21-14-12-20(23)25-16-18-9-5-2-6-10-18/h1-10,21H,11-16H2. The molecule has 132 valence electrons. The molecule has 2 aromatic carbocycles. The highest BCUT2D eigenvalue weighted by molar-refractivity contribution is 5.70. The third-order valence-electron chi connectivity index (χ3n) is 3.50. The van der Waals surface area contributed by atoms with E-state index in [1.807, 2.05) is 60.7 Å². The molecule has 0 saturated heterocycles. The molecule has 0 atom stereocenters. The van der Waals surface area contributed by atoms with Gasteiger partial charge in [0.25, 0.3) is 0 Å². The van der Waals surface area contributed by atoms with Crippen molar-refractivity contribution < 1.29 is 19.1 Å². The quantitative estimate of drug-likeness (QED) is 0.532. The van der Waals surface area contributed by atoms with Crippen molar-refractivity contribution in [2.75, 3.05) is 13.1 Å². The topological polar surface area (TPSA) is 64.6 Å². The highest BCUT2D eigenvalue weighted by atomic mass is 16.5. The van der Waals surface area contributed by atoms with Gasteiger partial charge in [-0.2, -0.15) is 0 Å². The fourth-order valence-electron chi connectivity index (χ4n) is 2.13. The molecular weight excluding hydrogens is 318 g/mol. The van der Waals surface area contributed by atoms with Gasteiger partial charge >= 0.3 is 11.9 Å². The number of esters is 2. The second kappa shape index (κ2) is 11.0. The van der Waals surface area contributed by atoms with E-state index in [9.17, 15) is 9.59 Å². The van der Waals surface area contributed by atoms with Gasteiger partial charge in [-0.15, -0.1) is 0 Å². The zero-order valence-corrected chi connectivity index (χ0v) is 14.1. The van der Waals surface area contributed by atoms with E-state index in [0.29, 0.717) is 13.1 Å². The summed E-state index contributed by atoms with van der Waals surface area (Å²) in [6.07, 6.45) is 0.539. The predicted molar refractivity (Wildman–Crippen MR) is 94.6 cm³/mol. The lowest BCUT2D eigenvalue weighted by Crippen LogP contribution is -2.23. The molecule has 2 aromatic rings. The number of benzene rings is 2. The van der Waals surface area contributed by atoms with Gasteiger partial charge < -0.3 is 14.8 Å². The van der Waals surface area contributed by atoms with Gasteiger partial charge in [0.2, 0.25) is 0 Å².